The second-order valence-corrected chi connectivity index (χ2v) is 11.4. The molecule has 37 heavy (non-hydrogen) atoms. The van der Waals surface area contributed by atoms with Crippen molar-refractivity contribution >= 4 is 23.4 Å². The average molecular weight is 521 g/mol. The number of fused-ring (bicyclic) bond motifs is 3. The fraction of sp³-hybridized carbons (Fsp3) is 0.462. The van der Waals surface area contributed by atoms with Gasteiger partial charge in [0.2, 0.25) is 5.95 Å². The maximum absolute atomic E-state index is 13.8. The van der Waals surface area contributed by atoms with E-state index in [0.717, 1.165) is 81.0 Å². The minimum atomic E-state index is -0.455. The highest BCUT2D eigenvalue weighted by Gasteiger charge is 2.53. The SMILES string of the molecule is COc1cc(N2CC3(C2)CN(c2nnc4n2-c2ccc(Cl)cc2CN(CC2(C#N)CC2)C4)C3)ncc1F. The molecule has 1 spiro atoms. The fourth-order valence-electron chi connectivity index (χ4n) is 6.02. The van der Waals surface area contributed by atoms with E-state index in [2.05, 4.69) is 40.5 Å². The molecule has 2 aromatic heterocycles. The second-order valence-electron chi connectivity index (χ2n) is 11.0. The van der Waals surface area contributed by atoms with Crippen molar-refractivity contribution in [1.82, 2.24) is 24.6 Å². The molecular formula is C26H26ClFN8O. The summed E-state index contributed by atoms with van der Waals surface area (Å²) < 4.78 is 21.0. The van der Waals surface area contributed by atoms with Gasteiger partial charge in [0.25, 0.3) is 0 Å². The van der Waals surface area contributed by atoms with Crippen LogP contribution < -0.4 is 14.5 Å². The van der Waals surface area contributed by atoms with E-state index in [0.29, 0.717) is 11.6 Å². The number of ether oxygens (including phenoxy) is 1. The molecule has 1 saturated carbocycles. The first-order valence-electron chi connectivity index (χ1n) is 12.5. The number of pyridine rings is 1. The van der Waals surface area contributed by atoms with E-state index in [1.54, 1.807) is 6.07 Å². The predicted molar refractivity (Wildman–Crippen MR) is 135 cm³/mol. The summed E-state index contributed by atoms with van der Waals surface area (Å²) in [5.41, 5.74) is 2.07. The van der Waals surface area contributed by atoms with E-state index < -0.39 is 5.82 Å². The van der Waals surface area contributed by atoms with Gasteiger partial charge in [-0.2, -0.15) is 5.26 Å². The first-order valence-corrected chi connectivity index (χ1v) is 12.8. The highest BCUT2D eigenvalue weighted by molar-refractivity contribution is 6.30. The van der Waals surface area contributed by atoms with Crippen LogP contribution >= 0.6 is 11.6 Å². The van der Waals surface area contributed by atoms with E-state index in [4.69, 9.17) is 16.3 Å². The van der Waals surface area contributed by atoms with Crippen molar-refractivity contribution in [2.45, 2.75) is 25.9 Å². The summed E-state index contributed by atoms with van der Waals surface area (Å²) in [6.07, 6.45) is 3.12. The summed E-state index contributed by atoms with van der Waals surface area (Å²) in [7, 11) is 1.46. The van der Waals surface area contributed by atoms with Gasteiger partial charge >= 0.3 is 0 Å². The lowest BCUT2D eigenvalue weighted by Gasteiger charge is -2.60. The molecule has 7 rings (SSSR count). The minimum Gasteiger partial charge on any atom is -0.493 e. The molecule has 3 fully saturated rings. The number of rotatable bonds is 5. The third kappa shape index (κ3) is 3.71. The van der Waals surface area contributed by atoms with Gasteiger partial charge in [-0.05, 0) is 36.6 Å². The number of benzene rings is 1. The zero-order valence-corrected chi connectivity index (χ0v) is 21.2. The summed E-state index contributed by atoms with van der Waals surface area (Å²) in [5.74, 6) is 2.21. The lowest BCUT2D eigenvalue weighted by molar-refractivity contribution is 0.153. The summed E-state index contributed by atoms with van der Waals surface area (Å²) in [6, 6.07) is 10.1. The number of nitriles is 1. The maximum Gasteiger partial charge on any atom is 0.231 e. The first-order chi connectivity index (χ1) is 17.9. The average Bonchev–Trinajstić information content (AvgIpc) is 3.53. The Hall–Kier alpha value is -3.42. The van der Waals surface area contributed by atoms with Gasteiger partial charge in [-0.3, -0.25) is 9.47 Å². The normalized spacial score (nSPS) is 20.8. The molecule has 11 heteroatoms. The number of hydrogen-bond acceptors (Lipinski definition) is 8. The lowest BCUT2D eigenvalue weighted by Crippen LogP contribution is -2.73. The molecule has 0 amide bonds. The largest absolute Gasteiger partial charge is 0.493 e. The van der Waals surface area contributed by atoms with Crippen LogP contribution in [-0.4, -0.2) is 64.5 Å². The number of nitrogens with zero attached hydrogens (tertiary/aromatic N) is 8. The Morgan fingerprint density at radius 3 is 2.62 bits per heavy atom. The van der Waals surface area contributed by atoms with Crippen molar-refractivity contribution in [2.75, 3.05) is 49.6 Å². The molecule has 190 valence electrons. The summed E-state index contributed by atoms with van der Waals surface area (Å²) in [4.78, 5) is 11.0. The number of methoxy groups -OCH3 is 1. The third-order valence-corrected chi connectivity index (χ3v) is 8.34. The molecule has 5 heterocycles. The van der Waals surface area contributed by atoms with Crippen LogP contribution in [0.3, 0.4) is 0 Å². The van der Waals surface area contributed by atoms with E-state index in [-0.39, 0.29) is 16.6 Å². The molecule has 4 aliphatic rings. The Morgan fingerprint density at radius 2 is 1.89 bits per heavy atom. The van der Waals surface area contributed by atoms with Crippen LogP contribution in [0.25, 0.3) is 5.69 Å². The summed E-state index contributed by atoms with van der Waals surface area (Å²) in [6.45, 7) is 5.50. The molecule has 0 radical (unpaired) electrons. The van der Waals surface area contributed by atoms with Gasteiger partial charge in [-0.25, -0.2) is 9.37 Å². The Kier molecular flexibility index (Phi) is 4.94. The third-order valence-electron chi connectivity index (χ3n) is 8.11. The van der Waals surface area contributed by atoms with Crippen molar-refractivity contribution in [3.8, 4) is 17.5 Å². The predicted octanol–water partition coefficient (Wildman–Crippen LogP) is 3.41. The molecular weight excluding hydrogens is 495 g/mol. The monoisotopic (exact) mass is 520 g/mol. The summed E-state index contributed by atoms with van der Waals surface area (Å²) in [5, 5.41) is 19.6. The quantitative estimate of drug-likeness (QED) is 0.506. The van der Waals surface area contributed by atoms with Gasteiger partial charge < -0.3 is 14.5 Å². The molecule has 0 bridgehead atoms. The molecule has 3 aromatic rings. The molecule has 9 nitrogen and oxygen atoms in total. The van der Waals surface area contributed by atoms with Crippen molar-refractivity contribution in [3.05, 3.63) is 52.7 Å². The zero-order valence-electron chi connectivity index (χ0n) is 20.5. The van der Waals surface area contributed by atoms with E-state index in [9.17, 15) is 9.65 Å². The van der Waals surface area contributed by atoms with Gasteiger partial charge in [0, 0.05) is 55.8 Å². The highest BCUT2D eigenvalue weighted by Crippen LogP contribution is 2.47. The van der Waals surface area contributed by atoms with Crippen molar-refractivity contribution in [2.24, 2.45) is 10.8 Å². The zero-order chi connectivity index (χ0) is 25.4. The van der Waals surface area contributed by atoms with Gasteiger partial charge in [-0.15, -0.1) is 10.2 Å². The van der Waals surface area contributed by atoms with Crippen molar-refractivity contribution < 1.29 is 9.13 Å². The van der Waals surface area contributed by atoms with Crippen LogP contribution in [-0.2, 0) is 13.1 Å². The van der Waals surface area contributed by atoms with Gasteiger partial charge in [0.15, 0.2) is 17.4 Å². The maximum atomic E-state index is 13.8. The topological polar surface area (TPSA) is 86.3 Å². The summed E-state index contributed by atoms with van der Waals surface area (Å²) >= 11 is 6.39. The van der Waals surface area contributed by atoms with Gasteiger partial charge in [0.05, 0.1) is 37.0 Å². The standard InChI is InChI=1S/C26H26ClFN8O/c1-37-21-7-22(30-8-19(21)28)34-13-26(14-34)15-35(16-26)24-32-31-23-10-33(12-25(11-29)4-5-25)9-17-6-18(27)2-3-20(17)36(23)24/h2-3,6-8H,4-5,9-10,12-16H2,1H3. The Labute approximate surface area is 219 Å². The lowest BCUT2D eigenvalue weighted by atomic mass is 9.73. The van der Waals surface area contributed by atoms with Crippen LogP contribution in [0.4, 0.5) is 16.2 Å². The smallest absolute Gasteiger partial charge is 0.231 e. The molecule has 0 N–H and O–H groups in total. The molecule has 0 atom stereocenters. The van der Waals surface area contributed by atoms with E-state index in [1.807, 2.05) is 18.2 Å². The molecule has 1 aliphatic carbocycles. The van der Waals surface area contributed by atoms with Crippen LogP contribution in [0.1, 0.15) is 24.2 Å². The van der Waals surface area contributed by atoms with Gasteiger partial charge in [-0.1, -0.05) is 11.6 Å². The van der Waals surface area contributed by atoms with Gasteiger partial charge in [0.1, 0.15) is 5.82 Å². The molecule has 3 aliphatic heterocycles. The van der Waals surface area contributed by atoms with Crippen molar-refractivity contribution in [1.29, 1.82) is 5.26 Å². The Bertz CT molecular complexity index is 1430. The number of halogens is 2. The number of anilines is 2. The van der Waals surface area contributed by atoms with Crippen molar-refractivity contribution in [3.63, 3.8) is 0 Å². The van der Waals surface area contributed by atoms with Crippen LogP contribution in [0.2, 0.25) is 5.02 Å². The van der Waals surface area contributed by atoms with E-state index >= 15 is 0 Å². The van der Waals surface area contributed by atoms with Crippen LogP contribution in [0, 0.1) is 28.0 Å². The van der Waals surface area contributed by atoms with E-state index in [1.165, 1.54) is 13.3 Å². The first kappa shape index (κ1) is 22.8. The Morgan fingerprint density at radius 1 is 1.11 bits per heavy atom. The number of aromatic nitrogens is 4. The molecule has 2 saturated heterocycles. The Balaban J connectivity index is 1.11. The second kappa shape index (κ2) is 8.04. The van der Waals surface area contributed by atoms with Crippen LogP contribution in [0.5, 0.6) is 5.75 Å². The fourth-order valence-corrected chi connectivity index (χ4v) is 6.22. The molecule has 1 aromatic carbocycles. The van der Waals surface area contributed by atoms with Crippen LogP contribution in [0.15, 0.2) is 30.5 Å². The molecule has 0 unspecified atom stereocenters. The number of hydrogen-bond donors (Lipinski definition) is 0. The minimum absolute atomic E-state index is 0.153. The highest BCUT2D eigenvalue weighted by atomic mass is 35.5.